The third kappa shape index (κ3) is 2.72. The van der Waals surface area contributed by atoms with Gasteiger partial charge in [0.05, 0.1) is 11.2 Å². The van der Waals surface area contributed by atoms with E-state index < -0.39 is 5.60 Å². The summed E-state index contributed by atoms with van der Waals surface area (Å²) in [7, 11) is 3.36. The number of rotatable bonds is 6. The zero-order valence-electron chi connectivity index (χ0n) is 12.4. The molecule has 1 aliphatic rings. The second-order valence-electron chi connectivity index (χ2n) is 6.48. The van der Waals surface area contributed by atoms with Crippen molar-refractivity contribution in [1.29, 1.82) is 0 Å². The molecular formula is C14H28O4. The molecule has 18 heavy (non-hydrogen) atoms. The molecule has 1 aliphatic carbocycles. The van der Waals surface area contributed by atoms with Crippen molar-refractivity contribution < 1.29 is 19.7 Å². The summed E-state index contributed by atoms with van der Waals surface area (Å²) in [5.41, 5.74) is -1.16. The standard InChI is InChI=1S/C14H28O4/c1-13(2,16)11-9(7-15)10(8-17-5)12(11)14(3,4)18-6/h9-12,15-16H,7-8H2,1-6H3/t9-,10-,11+,12+/m0/s1. The highest BCUT2D eigenvalue weighted by molar-refractivity contribution is 5.08. The summed E-state index contributed by atoms with van der Waals surface area (Å²) in [5.74, 6) is 0.507. The summed E-state index contributed by atoms with van der Waals surface area (Å²) < 4.78 is 10.8. The Balaban J connectivity index is 3.00. The molecule has 0 aromatic rings. The average Bonchev–Trinajstić information content (AvgIpc) is 2.22. The molecule has 1 saturated carbocycles. The van der Waals surface area contributed by atoms with Gasteiger partial charge in [-0.1, -0.05) is 0 Å². The van der Waals surface area contributed by atoms with Crippen molar-refractivity contribution in [2.24, 2.45) is 23.7 Å². The SMILES string of the molecule is COC[C@H]1[C@H](CO)[C@@H](C(C)(C)O)[C@@H]1C(C)(C)OC. The third-order valence-electron chi connectivity index (χ3n) is 4.57. The van der Waals surface area contributed by atoms with Gasteiger partial charge >= 0.3 is 0 Å². The zero-order chi connectivity index (χ0) is 14.1. The van der Waals surface area contributed by atoms with E-state index in [4.69, 9.17) is 9.47 Å². The molecule has 0 spiro atoms. The third-order valence-corrected chi connectivity index (χ3v) is 4.57. The van der Waals surface area contributed by atoms with E-state index in [-0.39, 0.29) is 35.9 Å². The van der Waals surface area contributed by atoms with E-state index >= 15 is 0 Å². The van der Waals surface area contributed by atoms with E-state index in [1.54, 1.807) is 14.2 Å². The van der Waals surface area contributed by atoms with Gasteiger partial charge in [-0.15, -0.1) is 0 Å². The lowest BCUT2D eigenvalue weighted by molar-refractivity contribution is -0.229. The number of methoxy groups -OCH3 is 2. The van der Waals surface area contributed by atoms with Gasteiger partial charge in [0.1, 0.15) is 0 Å². The monoisotopic (exact) mass is 260 g/mol. The van der Waals surface area contributed by atoms with Crippen LogP contribution in [0.4, 0.5) is 0 Å². The van der Waals surface area contributed by atoms with Gasteiger partial charge in [-0.25, -0.2) is 0 Å². The predicted molar refractivity (Wildman–Crippen MR) is 70.3 cm³/mol. The van der Waals surface area contributed by atoms with Crippen molar-refractivity contribution >= 4 is 0 Å². The first-order chi connectivity index (χ1) is 8.20. The summed E-state index contributed by atoms with van der Waals surface area (Å²) in [4.78, 5) is 0. The Morgan fingerprint density at radius 2 is 1.56 bits per heavy atom. The number of ether oxygens (including phenoxy) is 2. The fourth-order valence-corrected chi connectivity index (χ4v) is 3.64. The molecule has 0 unspecified atom stereocenters. The second kappa shape index (κ2) is 5.45. The average molecular weight is 260 g/mol. The van der Waals surface area contributed by atoms with Crippen LogP contribution < -0.4 is 0 Å². The molecule has 0 saturated heterocycles. The fraction of sp³-hybridized carbons (Fsp3) is 1.00. The first-order valence-corrected chi connectivity index (χ1v) is 6.58. The first-order valence-electron chi connectivity index (χ1n) is 6.58. The topological polar surface area (TPSA) is 58.9 Å². The fourth-order valence-electron chi connectivity index (χ4n) is 3.64. The molecule has 0 bridgehead atoms. The minimum Gasteiger partial charge on any atom is -0.396 e. The molecule has 0 radical (unpaired) electrons. The van der Waals surface area contributed by atoms with E-state index in [0.29, 0.717) is 6.61 Å². The molecule has 4 nitrogen and oxygen atoms in total. The van der Waals surface area contributed by atoms with Crippen molar-refractivity contribution in [2.75, 3.05) is 27.4 Å². The van der Waals surface area contributed by atoms with Gasteiger partial charge in [-0.2, -0.15) is 0 Å². The first kappa shape index (κ1) is 15.9. The summed E-state index contributed by atoms with van der Waals surface area (Å²) >= 11 is 0. The quantitative estimate of drug-likeness (QED) is 0.756. The van der Waals surface area contributed by atoms with Crippen LogP contribution in [0.3, 0.4) is 0 Å². The molecule has 2 N–H and O–H groups in total. The summed E-state index contributed by atoms with van der Waals surface area (Å²) in [6, 6.07) is 0. The van der Waals surface area contributed by atoms with E-state index in [0.717, 1.165) is 0 Å². The van der Waals surface area contributed by atoms with Crippen molar-refractivity contribution in [3.8, 4) is 0 Å². The van der Waals surface area contributed by atoms with Crippen molar-refractivity contribution in [1.82, 2.24) is 0 Å². The van der Waals surface area contributed by atoms with E-state index in [2.05, 4.69) is 0 Å². The second-order valence-corrected chi connectivity index (χ2v) is 6.48. The van der Waals surface area contributed by atoms with Crippen LogP contribution in [0.1, 0.15) is 27.7 Å². The number of hydrogen-bond acceptors (Lipinski definition) is 4. The molecule has 108 valence electrons. The van der Waals surface area contributed by atoms with Gasteiger partial charge in [-0.3, -0.25) is 0 Å². The van der Waals surface area contributed by atoms with Gasteiger partial charge in [0.25, 0.3) is 0 Å². The van der Waals surface area contributed by atoms with E-state index in [1.165, 1.54) is 0 Å². The largest absolute Gasteiger partial charge is 0.396 e. The maximum Gasteiger partial charge on any atom is 0.0658 e. The lowest BCUT2D eigenvalue weighted by Crippen LogP contribution is -2.65. The normalized spacial score (nSPS) is 33.3. The molecule has 1 rings (SSSR count). The summed E-state index contributed by atoms with van der Waals surface area (Å²) in [6.07, 6.45) is 0. The highest BCUT2D eigenvalue weighted by Crippen LogP contribution is 2.56. The predicted octanol–water partition coefficient (Wildman–Crippen LogP) is 1.30. The molecular weight excluding hydrogens is 232 g/mol. The minimum atomic E-state index is -0.821. The lowest BCUT2D eigenvalue weighted by Gasteiger charge is -2.60. The Kier molecular flexibility index (Phi) is 4.81. The smallest absolute Gasteiger partial charge is 0.0658 e. The molecule has 4 heteroatoms. The van der Waals surface area contributed by atoms with Gasteiger partial charge in [0.15, 0.2) is 0 Å². The Labute approximate surface area is 110 Å². The lowest BCUT2D eigenvalue weighted by atomic mass is 9.48. The van der Waals surface area contributed by atoms with Crippen LogP contribution in [0, 0.1) is 23.7 Å². The maximum absolute atomic E-state index is 10.3. The molecule has 0 heterocycles. The summed E-state index contributed by atoms with van der Waals surface area (Å²) in [6.45, 7) is 8.36. The van der Waals surface area contributed by atoms with Gasteiger partial charge in [-0.05, 0) is 51.4 Å². The molecule has 0 amide bonds. The highest BCUT2D eigenvalue weighted by atomic mass is 16.5. The van der Waals surface area contributed by atoms with Gasteiger partial charge in [0, 0.05) is 27.4 Å². The zero-order valence-corrected chi connectivity index (χ0v) is 12.4. The Bertz CT molecular complexity index is 269. The number of hydrogen-bond donors (Lipinski definition) is 2. The van der Waals surface area contributed by atoms with Crippen LogP contribution in [-0.2, 0) is 9.47 Å². The van der Waals surface area contributed by atoms with Crippen molar-refractivity contribution in [2.45, 2.75) is 38.9 Å². The van der Waals surface area contributed by atoms with Crippen LogP contribution in [-0.4, -0.2) is 48.8 Å². The van der Waals surface area contributed by atoms with Gasteiger partial charge in [0.2, 0.25) is 0 Å². The van der Waals surface area contributed by atoms with Crippen molar-refractivity contribution in [3.63, 3.8) is 0 Å². The maximum atomic E-state index is 10.3. The number of aliphatic hydroxyl groups is 2. The van der Waals surface area contributed by atoms with Crippen LogP contribution in [0.5, 0.6) is 0 Å². The molecule has 4 atom stereocenters. The van der Waals surface area contributed by atoms with E-state index in [1.807, 2.05) is 27.7 Å². The van der Waals surface area contributed by atoms with Crippen LogP contribution in [0.2, 0.25) is 0 Å². The molecule has 0 aromatic heterocycles. The van der Waals surface area contributed by atoms with Crippen LogP contribution >= 0.6 is 0 Å². The van der Waals surface area contributed by atoms with Crippen LogP contribution in [0.15, 0.2) is 0 Å². The van der Waals surface area contributed by atoms with Crippen molar-refractivity contribution in [3.05, 3.63) is 0 Å². The van der Waals surface area contributed by atoms with Gasteiger partial charge < -0.3 is 19.7 Å². The summed E-state index contributed by atoms with van der Waals surface area (Å²) in [5, 5.41) is 19.9. The Morgan fingerprint density at radius 1 is 1.00 bits per heavy atom. The Morgan fingerprint density at radius 3 is 1.89 bits per heavy atom. The molecule has 1 fully saturated rings. The number of aliphatic hydroxyl groups excluding tert-OH is 1. The molecule has 0 aromatic carbocycles. The van der Waals surface area contributed by atoms with E-state index in [9.17, 15) is 10.2 Å². The Hall–Kier alpha value is -0.160. The minimum absolute atomic E-state index is 0.0256. The molecule has 0 aliphatic heterocycles. The van der Waals surface area contributed by atoms with Crippen LogP contribution in [0.25, 0.3) is 0 Å². The highest BCUT2D eigenvalue weighted by Gasteiger charge is 2.60.